The highest BCUT2D eigenvalue weighted by Crippen LogP contribution is 2.26. The molecule has 2 N–H and O–H groups in total. The minimum atomic E-state index is -4.79. The van der Waals surface area contributed by atoms with Crippen LogP contribution in [-0.4, -0.2) is 33.0 Å². The van der Waals surface area contributed by atoms with Crippen molar-refractivity contribution in [1.29, 1.82) is 0 Å². The molecule has 21 heavy (non-hydrogen) atoms. The molecule has 1 rings (SSSR count). The van der Waals surface area contributed by atoms with Crippen molar-refractivity contribution in [2.24, 2.45) is 5.92 Å². The van der Waals surface area contributed by atoms with Gasteiger partial charge in [-0.2, -0.15) is 13.2 Å². The number of aromatic nitrogens is 2. The van der Waals surface area contributed by atoms with Crippen LogP contribution in [0.4, 0.5) is 13.2 Å². The Morgan fingerprint density at radius 2 is 1.86 bits per heavy atom. The van der Waals surface area contributed by atoms with Crippen molar-refractivity contribution in [3.8, 4) is 0 Å². The normalized spacial score (nSPS) is 13.1. The van der Waals surface area contributed by atoms with E-state index in [1.54, 1.807) is 13.8 Å². The van der Waals surface area contributed by atoms with Crippen molar-refractivity contribution >= 4 is 11.9 Å². The molecule has 0 saturated carbocycles. The summed E-state index contributed by atoms with van der Waals surface area (Å²) in [5, 5.41) is 11.1. The number of halogens is 3. The Kier molecular flexibility index (Phi) is 4.87. The molecule has 0 saturated heterocycles. The number of aryl methyl sites for hydroxylation is 1. The minimum absolute atomic E-state index is 0.0427. The standard InChI is InChI=1S/C12H14F3N3O3/c1-5(2)8(10(20)21)18-9(19)7-4-6(3)16-11(17-7)12(13,14)15/h4-5,8H,1-3H3,(H,18,19)(H,20,21). The van der Waals surface area contributed by atoms with Gasteiger partial charge in [-0.3, -0.25) is 4.79 Å². The van der Waals surface area contributed by atoms with Gasteiger partial charge < -0.3 is 10.4 Å². The number of carbonyl (C=O) groups is 2. The number of amides is 1. The molecule has 0 radical (unpaired) electrons. The molecule has 6 nitrogen and oxygen atoms in total. The summed E-state index contributed by atoms with van der Waals surface area (Å²) in [5.74, 6) is -4.15. The van der Waals surface area contributed by atoms with Gasteiger partial charge in [-0.05, 0) is 18.9 Å². The zero-order valence-corrected chi connectivity index (χ0v) is 11.5. The molecule has 9 heteroatoms. The van der Waals surface area contributed by atoms with E-state index in [0.29, 0.717) is 0 Å². The van der Waals surface area contributed by atoms with Gasteiger partial charge in [0.05, 0.1) is 0 Å². The van der Waals surface area contributed by atoms with E-state index in [-0.39, 0.29) is 5.69 Å². The first-order valence-corrected chi connectivity index (χ1v) is 5.99. The summed E-state index contributed by atoms with van der Waals surface area (Å²) in [7, 11) is 0. The molecular weight excluding hydrogens is 291 g/mol. The summed E-state index contributed by atoms with van der Waals surface area (Å²) in [6.45, 7) is 4.40. The quantitative estimate of drug-likeness (QED) is 0.882. The molecule has 0 aliphatic carbocycles. The Labute approximate surface area is 118 Å². The van der Waals surface area contributed by atoms with E-state index in [1.165, 1.54) is 6.92 Å². The molecule has 1 unspecified atom stereocenters. The second-order valence-electron chi connectivity index (χ2n) is 4.75. The Hall–Kier alpha value is -2.19. The van der Waals surface area contributed by atoms with E-state index in [2.05, 4.69) is 15.3 Å². The van der Waals surface area contributed by atoms with Crippen LogP contribution in [0.3, 0.4) is 0 Å². The molecule has 0 aromatic carbocycles. The van der Waals surface area contributed by atoms with Gasteiger partial charge in [0.1, 0.15) is 11.7 Å². The van der Waals surface area contributed by atoms with Gasteiger partial charge in [0.15, 0.2) is 0 Å². The molecule has 0 fully saturated rings. The van der Waals surface area contributed by atoms with E-state index in [1.807, 2.05) is 0 Å². The Morgan fingerprint density at radius 1 is 1.29 bits per heavy atom. The minimum Gasteiger partial charge on any atom is -0.480 e. The highest BCUT2D eigenvalue weighted by molar-refractivity contribution is 5.95. The van der Waals surface area contributed by atoms with Crippen LogP contribution >= 0.6 is 0 Å². The maximum absolute atomic E-state index is 12.6. The van der Waals surface area contributed by atoms with Crippen LogP contribution in [0, 0.1) is 12.8 Å². The van der Waals surface area contributed by atoms with Crippen molar-refractivity contribution < 1.29 is 27.9 Å². The average molecular weight is 305 g/mol. The molecule has 0 spiro atoms. The highest BCUT2D eigenvalue weighted by Gasteiger charge is 2.36. The predicted molar refractivity (Wildman–Crippen MR) is 65.5 cm³/mol. The lowest BCUT2D eigenvalue weighted by atomic mass is 10.0. The smallest absolute Gasteiger partial charge is 0.451 e. The molecule has 0 aliphatic heterocycles. The fourth-order valence-electron chi connectivity index (χ4n) is 1.54. The SMILES string of the molecule is Cc1cc(C(=O)NC(C(=O)O)C(C)C)nc(C(F)(F)F)n1. The molecule has 0 bridgehead atoms. The summed E-state index contributed by atoms with van der Waals surface area (Å²) in [4.78, 5) is 29.2. The summed E-state index contributed by atoms with van der Waals surface area (Å²) in [6, 6.07) is -0.161. The first kappa shape index (κ1) is 16.9. The number of carboxylic acid groups (broad SMARTS) is 1. The first-order valence-electron chi connectivity index (χ1n) is 5.99. The average Bonchev–Trinajstić information content (AvgIpc) is 2.32. The van der Waals surface area contributed by atoms with Crippen LogP contribution < -0.4 is 5.32 Å². The van der Waals surface area contributed by atoms with Crippen LogP contribution in [0.2, 0.25) is 0 Å². The molecule has 116 valence electrons. The first-order chi connectivity index (χ1) is 9.52. The number of aliphatic carboxylic acids is 1. The Bertz CT molecular complexity index is 558. The second-order valence-corrected chi connectivity index (χ2v) is 4.75. The van der Waals surface area contributed by atoms with E-state index in [0.717, 1.165) is 6.07 Å². The zero-order valence-electron chi connectivity index (χ0n) is 11.5. The highest BCUT2D eigenvalue weighted by atomic mass is 19.4. The van der Waals surface area contributed by atoms with Gasteiger partial charge in [0, 0.05) is 5.69 Å². The Morgan fingerprint density at radius 3 is 2.29 bits per heavy atom. The van der Waals surface area contributed by atoms with E-state index >= 15 is 0 Å². The van der Waals surface area contributed by atoms with Crippen LogP contribution in [0.5, 0.6) is 0 Å². The lowest BCUT2D eigenvalue weighted by Crippen LogP contribution is -2.44. The zero-order chi connectivity index (χ0) is 16.4. The van der Waals surface area contributed by atoms with Gasteiger partial charge in [-0.1, -0.05) is 13.8 Å². The van der Waals surface area contributed by atoms with E-state index in [4.69, 9.17) is 5.11 Å². The van der Waals surface area contributed by atoms with E-state index in [9.17, 15) is 22.8 Å². The van der Waals surface area contributed by atoms with Gasteiger partial charge in [0.25, 0.3) is 5.91 Å². The molecule has 1 aromatic rings. The number of carbonyl (C=O) groups excluding carboxylic acids is 1. The number of hydrogen-bond acceptors (Lipinski definition) is 4. The lowest BCUT2D eigenvalue weighted by Gasteiger charge is -2.18. The maximum atomic E-state index is 12.6. The van der Waals surface area contributed by atoms with Crippen molar-refractivity contribution in [1.82, 2.24) is 15.3 Å². The molecule has 1 aromatic heterocycles. The van der Waals surface area contributed by atoms with Crippen molar-refractivity contribution in [2.45, 2.75) is 33.0 Å². The summed E-state index contributed by atoms with van der Waals surface area (Å²) in [5.41, 5.74) is -0.569. The largest absolute Gasteiger partial charge is 0.480 e. The van der Waals surface area contributed by atoms with Gasteiger partial charge in [-0.15, -0.1) is 0 Å². The maximum Gasteiger partial charge on any atom is 0.451 e. The third-order valence-electron chi connectivity index (χ3n) is 2.56. The molecule has 1 atom stereocenters. The fraction of sp³-hybridized carbons (Fsp3) is 0.500. The second kappa shape index (κ2) is 6.06. The lowest BCUT2D eigenvalue weighted by molar-refractivity contribution is -0.145. The van der Waals surface area contributed by atoms with Crippen molar-refractivity contribution in [3.05, 3.63) is 23.3 Å². The Balaban J connectivity index is 3.08. The van der Waals surface area contributed by atoms with Gasteiger partial charge in [-0.25, -0.2) is 14.8 Å². The number of carboxylic acids is 1. The molecule has 1 heterocycles. The fourth-order valence-corrected chi connectivity index (χ4v) is 1.54. The third-order valence-corrected chi connectivity index (χ3v) is 2.56. The monoisotopic (exact) mass is 305 g/mol. The molecule has 0 aliphatic rings. The van der Waals surface area contributed by atoms with Crippen LogP contribution in [0.25, 0.3) is 0 Å². The third kappa shape index (κ3) is 4.40. The van der Waals surface area contributed by atoms with Crippen molar-refractivity contribution in [3.63, 3.8) is 0 Å². The van der Waals surface area contributed by atoms with Crippen LogP contribution in [0.15, 0.2) is 6.07 Å². The summed E-state index contributed by atoms with van der Waals surface area (Å²) >= 11 is 0. The number of alkyl halides is 3. The number of rotatable bonds is 4. The molecule has 1 amide bonds. The molecular formula is C12H14F3N3O3. The number of nitrogens with zero attached hydrogens (tertiary/aromatic N) is 2. The summed E-state index contributed by atoms with van der Waals surface area (Å²) in [6.07, 6.45) is -4.79. The van der Waals surface area contributed by atoms with Gasteiger partial charge >= 0.3 is 12.1 Å². The predicted octanol–water partition coefficient (Wildman–Crippen LogP) is 1.64. The van der Waals surface area contributed by atoms with Crippen LogP contribution in [0.1, 0.15) is 35.9 Å². The van der Waals surface area contributed by atoms with Crippen molar-refractivity contribution in [2.75, 3.05) is 0 Å². The van der Waals surface area contributed by atoms with E-state index < -0.39 is 41.5 Å². The van der Waals surface area contributed by atoms with Gasteiger partial charge in [0.2, 0.25) is 5.82 Å². The number of hydrogen-bond donors (Lipinski definition) is 2. The number of nitrogens with one attached hydrogen (secondary N) is 1. The summed E-state index contributed by atoms with van der Waals surface area (Å²) < 4.78 is 37.7. The van der Waals surface area contributed by atoms with Crippen LogP contribution in [-0.2, 0) is 11.0 Å². The topological polar surface area (TPSA) is 92.2 Å².